The topological polar surface area (TPSA) is 12.9 Å². The van der Waals surface area contributed by atoms with Crippen LogP contribution in [-0.4, -0.2) is 4.98 Å². The van der Waals surface area contributed by atoms with E-state index in [0.29, 0.717) is 0 Å². The molecule has 2 aromatic rings. The average Bonchev–Trinajstić information content (AvgIpc) is 2.34. The Kier molecular flexibility index (Phi) is 4.42. The lowest BCUT2D eigenvalue weighted by molar-refractivity contribution is 1.33. The summed E-state index contributed by atoms with van der Waals surface area (Å²) in [6, 6.07) is 14.3. The number of nitrogens with zero attached hydrogens (tertiary/aromatic N) is 1. The maximum absolute atomic E-state index is 3.97. The zero-order chi connectivity index (χ0) is 10.2. The molecular weight excluding hydrogens is 170 g/mol. The summed E-state index contributed by atoms with van der Waals surface area (Å²) in [5, 5.41) is 0. The number of rotatable bonds is 1. The molecule has 1 aromatic carbocycles. The van der Waals surface area contributed by atoms with Crippen LogP contribution < -0.4 is 0 Å². The van der Waals surface area contributed by atoms with Gasteiger partial charge in [0.1, 0.15) is 0 Å². The molecule has 0 aliphatic carbocycles. The second-order valence-corrected chi connectivity index (χ2v) is 2.60. The highest BCUT2D eigenvalue weighted by molar-refractivity contribution is 5.62. The molecule has 0 aliphatic rings. The molecule has 1 aromatic heterocycles. The first kappa shape index (κ1) is 10.5. The van der Waals surface area contributed by atoms with E-state index in [0.717, 1.165) is 0 Å². The average molecular weight is 185 g/mol. The van der Waals surface area contributed by atoms with E-state index in [1.807, 2.05) is 56.6 Å². The third kappa shape index (κ3) is 2.70. The van der Waals surface area contributed by atoms with Gasteiger partial charge in [-0.1, -0.05) is 44.2 Å². The van der Waals surface area contributed by atoms with Crippen molar-refractivity contribution in [2.45, 2.75) is 13.8 Å². The first-order valence-electron chi connectivity index (χ1n) is 4.92. The molecule has 0 unspecified atom stereocenters. The van der Waals surface area contributed by atoms with E-state index in [1.54, 1.807) is 0 Å². The van der Waals surface area contributed by atoms with E-state index in [4.69, 9.17) is 0 Å². The van der Waals surface area contributed by atoms with E-state index in [1.165, 1.54) is 11.1 Å². The van der Waals surface area contributed by atoms with Crippen LogP contribution in [0.4, 0.5) is 0 Å². The van der Waals surface area contributed by atoms with Gasteiger partial charge in [0.25, 0.3) is 0 Å². The number of pyridine rings is 1. The molecule has 0 saturated heterocycles. The predicted octanol–water partition coefficient (Wildman–Crippen LogP) is 3.77. The molecule has 0 saturated carbocycles. The monoisotopic (exact) mass is 185 g/mol. The van der Waals surface area contributed by atoms with Crippen molar-refractivity contribution >= 4 is 0 Å². The molecule has 1 nitrogen and oxygen atoms in total. The molecule has 1 heteroatoms. The molecule has 0 aliphatic heterocycles. The van der Waals surface area contributed by atoms with Crippen molar-refractivity contribution in [1.82, 2.24) is 4.98 Å². The maximum Gasteiger partial charge on any atom is 0.0273 e. The molecule has 14 heavy (non-hydrogen) atoms. The van der Waals surface area contributed by atoms with E-state index in [2.05, 4.69) is 17.1 Å². The van der Waals surface area contributed by atoms with E-state index in [-0.39, 0.29) is 0 Å². The minimum atomic E-state index is 1.21. The summed E-state index contributed by atoms with van der Waals surface area (Å²) in [6.07, 6.45) is 3.62. The van der Waals surface area contributed by atoms with Gasteiger partial charge in [0.15, 0.2) is 0 Å². The SMILES string of the molecule is CC.c1ccc(-c2ccncc2)cc1. The van der Waals surface area contributed by atoms with Gasteiger partial charge in [-0.2, -0.15) is 0 Å². The van der Waals surface area contributed by atoms with Crippen molar-refractivity contribution in [3.05, 3.63) is 54.9 Å². The third-order valence-corrected chi connectivity index (χ3v) is 1.79. The summed E-state index contributed by atoms with van der Waals surface area (Å²) >= 11 is 0. The summed E-state index contributed by atoms with van der Waals surface area (Å²) < 4.78 is 0. The lowest BCUT2D eigenvalue weighted by atomic mass is 10.1. The van der Waals surface area contributed by atoms with Crippen molar-refractivity contribution in [1.29, 1.82) is 0 Å². The van der Waals surface area contributed by atoms with Crippen molar-refractivity contribution in [3.63, 3.8) is 0 Å². The maximum atomic E-state index is 3.97. The first-order chi connectivity index (χ1) is 6.97. The second kappa shape index (κ2) is 5.92. The Bertz CT molecular complexity index is 303. The van der Waals surface area contributed by atoms with Gasteiger partial charge in [0, 0.05) is 12.4 Å². The highest BCUT2D eigenvalue weighted by Gasteiger charge is 1.92. The summed E-state index contributed by atoms with van der Waals surface area (Å²) in [4.78, 5) is 3.97. The fraction of sp³-hybridized carbons (Fsp3) is 0.154. The van der Waals surface area contributed by atoms with Crippen LogP contribution in [0.15, 0.2) is 54.9 Å². The Labute approximate surface area is 85.4 Å². The van der Waals surface area contributed by atoms with Crippen molar-refractivity contribution < 1.29 is 0 Å². The van der Waals surface area contributed by atoms with Crippen molar-refractivity contribution in [2.24, 2.45) is 0 Å². The smallest absolute Gasteiger partial charge is 0.0273 e. The molecule has 0 spiro atoms. The van der Waals surface area contributed by atoms with Crippen molar-refractivity contribution in [3.8, 4) is 11.1 Å². The van der Waals surface area contributed by atoms with Gasteiger partial charge in [0.05, 0.1) is 0 Å². The molecule has 0 atom stereocenters. The highest BCUT2D eigenvalue weighted by Crippen LogP contribution is 2.16. The minimum absolute atomic E-state index is 1.21. The Balaban J connectivity index is 0.000000461. The van der Waals surface area contributed by atoms with Crippen LogP contribution in [0.2, 0.25) is 0 Å². The fourth-order valence-corrected chi connectivity index (χ4v) is 1.17. The largest absolute Gasteiger partial charge is 0.265 e. The molecule has 72 valence electrons. The molecule has 0 bridgehead atoms. The Hall–Kier alpha value is -1.63. The highest BCUT2D eigenvalue weighted by atomic mass is 14.6. The summed E-state index contributed by atoms with van der Waals surface area (Å²) in [5.41, 5.74) is 2.45. The van der Waals surface area contributed by atoms with Gasteiger partial charge in [-0.15, -0.1) is 0 Å². The molecule has 0 fully saturated rings. The third-order valence-electron chi connectivity index (χ3n) is 1.79. The number of hydrogen-bond acceptors (Lipinski definition) is 1. The standard InChI is InChI=1S/C11H9N.C2H6/c1-2-4-10(5-3-1)11-6-8-12-9-7-11;1-2/h1-9H;1-2H3. The van der Waals surface area contributed by atoms with Crippen LogP contribution in [-0.2, 0) is 0 Å². The summed E-state index contributed by atoms with van der Waals surface area (Å²) in [6.45, 7) is 4.00. The fourth-order valence-electron chi connectivity index (χ4n) is 1.17. The number of benzene rings is 1. The van der Waals surface area contributed by atoms with Gasteiger partial charge < -0.3 is 0 Å². The van der Waals surface area contributed by atoms with Crippen LogP contribution in [0.5, 0.6) is 0 Å². The molecular formula is C13H15N. The normalized spacial score (nSPS) is 8.71. The zero-order valence-electron chi connectivity index (χ0n) is 8.64. The van der Waals surface area contributed by atoms with Crippen LogP contribution >= 0.6 is 0 Å². The molecule has 0 amide bonds. The Morgan fingerprint density at radius 1 is 0.714 bits per heavy atom. The van der Waals surface area contributed by atoms with Crippen LogP contribution in [0.25, 0.3) is 11.1 Å². The lowest BCUT2D eigenvalue weighted by Gasteiger charge is -1.98. The molecule has 0 radical (unpaired) electrons. The van der Waals surface area contributed by atoms with E-state index < -0.39 is 0 Å². The molecule has 1 heterocycles. The zero-order valence-corrected chi connectivity index (χ0v) is 8.64. The summed E-state index contributed by atoms with van der Waals surface area (Å²) in [7, 11) is 0. The molecule has 0 N–H and O–H groups in total. The summed E-state index contributed by atoms with van der Waals surface area (Å²) in [5.74, 6) is 0. The quantitative estimate of drug-likeness (QED) is 0.659. The first-order valence-corrected chi connectivity index (χ1v) is 4.92. The van der Waals surface area contributed by atoms with Gasteiger partial charge in [-0.25, -0.2) is 0 Å². The second-order valence-electron chi connectivity index (χ2n) is 2.60. The number of hydrogen-bond donors (Lipinski definition) is 0. The van der Waals surface area contributed by atoms with Crippen LogP contribution in [0.1, 0.15) is 13.8 Å². The van der Waals surface area contributed by atoms with Crippen LogP contribution in [0, 0.1) is 0 Å². The van der Waals surface area contributed by atoms with Gasteiger partial charge in [-0.05, 0) is 23.3 Å². The molecule has 2 rings (SSSR count). The minimum Gasteiger partial charge on any atom is -0.265 e. The van der Waals surface area contributed by atoms with Crippen molar-refractivity contribution in [2.75, 3.05) is 0 Å². The Morgan fingerprint density at radius 2 is 1.21 bits per heavy atom. The van der Waals surface area contributed by atoms with Crippen LogP contribution in [0.3, 0.4) is 0 Å². The van der Waals surface area contributed by atoms with Gasteiger partial charge in [-0.3, -0.25) is 4.98 Å². The Morgan fingerprint density at radius 3 is 1.79 bits per heavy atom. The van der Waals surface area contributed by atoms with Gasteiger partial charge in [0.2, 0.25) is 0 Å². The number of aromatic nitrogens is 1. The lowest BCUT2D eigenvalue weighted by Crippen LogP contribution is -1.76. The van der Waals surface area contributed by atoms with E-state index >= 15 is 0 Å². The van der Waals surface area contributed by atoms with E-state index in [9.17, 15) is 0 Å². The van der Waals surface area contributed by atoms with Gasteiger partial charge >= 0.3 is 0 Å². The predicted molar refractivity (Wildman–Crippen MR) is 61.0 cm³/mol.